The summed E-state index contributed by atoms with van der Waals surface area (Å²) < 4.78 is 5.10. The lowest BCUT2D eigenvalue weighted by molar-refractivity contribution is -0.110. The molecule has 0 amide bonds. The standard InChI is InChI=1S/C8H10O2/c1-8(10-2)5-3-7(9)4-6-8/h3-6H,1-2H3. The van der Waals surface area contributed by atoms with Gasteiger partial charge >= 0.3 is 0 Å². The molecular weight excluding hydrogens is 128 g/mol. The highest BCUT2D eigenvalue weighted by molar-refractivity contribution is 6.00. The molecule has 0 aromatic carbocycles. The van der Waals surface area contributed by atoms with E-state index in [1.807, 2.05) is 6.92 Å². The Labute approximate surface area is 60.2 Å². The summed E-state index contributed by atoms with van der Waals surface area (Å²) in [4.78, 5) is 10.6. The first-order chi connectivity index (χ1) is 4.66. The van der Waals surface area contributed by atoms with Crippen LogP contribution in [-0.4, -0.2) is 18.5 Å². The second-order valence-electron chi connectivity index (χ2n) is 2.46. The van der Waals surface area contributed by atoms with E-state index < -0.39 is 0 Å². The molecule has 10 heavy (non-hydrogen) atoms. The van der Waals surface area contributed by atoms with Crippen molar-refractivity contribution in [2.24, 2.45) is 0 Å². The molecule has 0 radical (unpaired) electrons. The van der Waals surface area contributed by atoms with E-state index in [1.165, 1.54) is 12.2 Å². The SMILES string of the molecule is COC1(C)C=CC(=O)C=C1. The second kappa shape index (κ2) is 2.39. The molecule has 0 N–H and O–H groups in total. The molecule has 1 aliphatic rings. The molecule has 0 spiro atoms. The molecule has 1 rings (SSSR count). The zero-order chi connectivity index (χ0) is 7.61. The monoisotopic (exact) mass is 138 g/mol. The maximum absolute atomic E-state index is 10.6. The molecule has 54 valence electrons. The van der Waals surface area contributed by atoms with Crippen molar-refractivity contribution in [1.29, 1.82) is 0 Å². The number of hydrogen-bond acceptors (Lipinski definition) is 2. The summed E-state index contributed by atoms with van der Waals surface area (Å²) in [6.45, 7) is 1.90. The van der Waals surface area contributed by atoms with Crippen molar-refractivity contribution in [3.8, 4) is 0 Å². The average molecular weight is 138 g/mol. The Bertz CT molecular complexity index is 185. The average Bonchev–Trinajstić information content (AvgIpc) is 1.96. The van der Waals surface area contributed by atoms with Gasteiger partial charge in [0.25, 0.3) is 0 Å². The number of carbonyl (C=O) groups excluding carboxylic acids is 1. The molecule has 0 aromatic heterocycles. The van der Waals surface area contributed by atoms with Crippen LogP contribution in [-0.2, 0) is 9.53 Å². The van der Waals surface area contributed by atoms with Crippen molar-refractivity contribution in [2.75, 3.05) is 7.11 Å². The number of methoxy groups -OCH3 is 1. The van der Waals surface area contributed by atoms with E-state index >= 15 is 0 Å². The highest BCUT2D eigenvalue weighted by atomic mass is 16.5. The Balaban J connectivity index is 2.78. The number of ether oxygens (including phenoxy) is 1. The highest BCUT2D eigenvalue weighted by Gasteiger charge is 2.18. The number of ketones is 1. The fraction of sp³-hybridized carbons (Fsp3) is 0.375. The molecule has 0 heterocycles. The summed E-state index contributed by atoms with van der Waals surface area (Å²) in [5, 5.41) is 0. The Morgan fingerprint density at radius 3 is 2.30 bits per heavy atom. The van der Waals surface area contributed by atoms with Crippen LogP contribution in [0, 0.1) is 0 Å². The topological polar surface area (TPSA) is 26.3 Å². The van der Waals surface area contributed by atoms with Crippen LogP contribution in [0.15, 0.2) is 24.3 Å². The zero-order valence-electron chi connectivity index (χ0n) is 6.13. The van der Waals surface area contributed by atoms with E-state index in [2.05, 4.69) is 0 Å². The van der Waals surface area contributed by atoms with Crippen LogP contribution >= 0.6 is 0 Å². The lowest BCUT2D eigenvalue weighted by Crippen LogP contribution is -2.23. The molecule has 0 atom stereocenters. The predicted octanol–water partition coefficient (Wildman–Crippen LogP) is 1.09. The third-order valence-corrected chi connectivity index (χ3v) is 1.60. The van der Waals surface area contributed by atoms with Crippen molar-refractivity contribution in [2.45, 2.75) is 12.5 Å². The third-order valence-electron chi connectivity index (χ3n) is 1.60. The summed E-state index contributed by atoms with van der Waals surface area (Å²) in [5.74, 6) is 0.0227. The Kier molecular flexibility index (Phi) is 1.72. The summed E-state index contributed by atoms with van der Waals surface area (Å²) in [6, 6.07) is 0. The van der Waals surface area contributed by atoms with Crippen LogP contribution in [0.1, 0.15) is 6.92 Å². The van der Waals surface area contributed by atoms with E-state index in [0.29, 0.717) is 0 Å². The molecule has 0 aliphatic heterocycles. The predicted molar refractivity (Wildman–Crippen MR) is 38.7 cm³/mol. The number of rotatable bonds is 1. The minimum atomic E-state index is -0.381. The smallest absolute Gasteiger partial charge is 0.178 e. The Hall–Kier alpha value is -0.890. The van der Waals surface area contributed by atoms with E-state index in [0.717, 1.165) is 0 Å². The van der Waals surface area contributed by atoms with Gasteiger partial charge in [0.05, 0.1) is 0 Å². The highest BCUT2D eigenvalue weighted by Crippen LogP contribution is 2.16. The molecule has 0 saturated heterocycles. The quantitative estimate of drug-likeness (QED) is 0.542. The van der Waals surface area contributed by atoms with Crippen molar-refractivity contribution in [3.63, 3.8) is 0 Å². The summed E-state index contributed by atoms with van der Waals surface area (Å²) >= 11 is 0. The minimum Gasteiger partial charge on any atom is -0.370 e. The fourth-order valence-corrected chi connectivity index (χ4v) is 0.742. The lowest BCUT2D eigenvalue weighted by atomic mass is 10.00. The van der Waals surface area contributed by atoms with Crippen molar-refractivity contribution < 1.29 is 9.53 Å². The molecular formula is C8H10O2. The van der Waals surface area contributed by atoms with Crippen LogP contribution in [0.5, 0.6) is 0 Å². The number of hydrogen-bond donors (Lipinski definition) is 0. The van der Waals surface area contributed by atoms with Crippen LogP contribution < -0.4 is 0 Å². The molecule has 0 aromatic rings. The molecule has 2 nitrogen and oxygen atoms in total. The lowest BCUT2D eigenvalue weighted by Gasteiger charge is -2.21. The van der Waals surface area contributed by atoms with Crippen LogP contribution in [0.3, 0.4) is 0 Å². The van der Waals surface area contributed by atoms with Gasteiger partial charge in [-0.15, -0.1) is 0 Å². The molecule has 0 bridgehead atoms. The molecule has 1 aliphatic carbocycles. The third kappa shape index (κ3) is 1.33. The van der Waals surface area contributed by atoms with E-state index in [9.17, 15) is 4.79 Å². The van der Waals surface area contributed by atoms with Gasteiger partial charge in [-0.1, -0.05) is 0 Å². The first-order valence-corrected chi connectivity index (χ1v) is 3.14. The van der Waals surface area contributed by atoms with Gasteiger partial charge in [-0.25, -0.2) is 0 Å². The van der Waals surface area contributed by atoms with Gasteiger partial charge in [0, 0.05) is 7.11 Å². The number of allylic oxidation sites excluding steroid dienone is 2. The van der Waals surface area contributed by atoms with Gasteiger partial charge in [0.1, 0.15) is 5.60 Å². The van der Waals surface area contributed by atoms with Crippen molar-refractivity contribution in [3.05, 3.63) is 24.3 Å². The van der Waals surface area contributed by atoms with Gasteiger partial charge in [-0.3, -0.25) is 4.79 Å². The van der Waals surface area contributed by atoms with Gasteiger partial charge in [0.2, 0.25) is 0 Å². The van der Waals surface area contributed by atoms with Gasteiger partial charge in [-0.2, -0.15) is 0 Å². The Morgan fingerprint density at radius 2 is 1.90 bits per heavy atom. The van der Waals surface area contributed by atoms with Gasteiger partial charge in [0.15, 0.2) is 5.78 Å². The summed E-state index contributed by atoms with van der Waals surface area (Å²) in [5.41, 5.74) is -0.381. The van der Waals surface area contributed by atoms with Crippen LogP contribution in [0.25, 0.3) is 0 Å². The van der Waals surface area contributed by atoms with Gasteiger partial charge in [-0.05, 0) is 31.2 Å². The number of carbonyl (C=O) groups is 1. The second-order valence-corrected chi connectivity index (χ2v) is 2.46. The van der Waals surface area contributed by atoms with Gasteiger partial charge < -0.3 is 4.74 Å². The Morgan fingerprint density at radius 1 is 1.40 bits per heavy atom. The van der Waals surface area contributed by atoms with E-state index in [4.69, 9.17) is 4.74 Å². The van der Waals surface area contributed by atoms with Crippen LogP contribution in [0.4, 0.5) is 0 Å². The largest absolute Gasteiger partial charge is 0.370 e. The fourth-order valence-electron chi connectivity index (χ4n) is 0.742. The first-order valence-electron chi connectivity index (χ1n) is 3.14. The van der Waals surface area contributed by atoms with Crippen molar-refractivity contribution >= 4 is 5.78 Å². The molecule has 0 saturated carbocycles. The van der Waals surface area contributed by atoms with Crippen LogP contribution in [0.2, 0.25) is 0 Å². The zero-order valence-corrected chi connectivity index (χ0v) is 6.13. The summed E-state index contributed by atoms with van der Waals surface area (Å²) in [7, 11) is 1.62. The molecule has 0 unspecified atom stereocenters. The maximum atomic E-state index is 10.6. The molecule has 0 fully saturated rings. The minimum absolute atomic E-state index is 0.0227. The first kappa shape index (κ1) is 7.22. The van der Waals surface area contributed by atoms with E-state index in [1.54, 1.807) is 19.3 Å². The normalized spacial score (nSPS) is 21.6. The summed E-state index contributed by atoms with van der Waals surface area (Å²) in [6.07, 6.45) is 6.53. The van der Waals surface area contributed by atoms with E-state index in [-0.39, 0.29) is 11.4 Å². The van der Waals surface area contributed by atoms with Crippen molar-refractivity contribution in [1.82, 2.24) is 0 Å². The maximum Gasteiger partial charge on any atom is 0.178 e. The molecule has 2 heteroatoms.